The van der Waals surface area contributed by atoms with Crippen LogP contribution < -0.4 is 5.32 Å². The number of aryl methyl sites for hydroxylation is 1. The fourth-order valence-electron chi connectivity index (χ4n) is 4.61. The van der Waals surface area contributed by atoms with Crippen LogP contribution >= 0.6 is 11.8 Å². The van der Waals surface area contributed by atoms with E-state index in [1.807, 2.05) is 0 Å². The number of nitrogens with one attached hydrogen (secondary N) is 1. The van der Waals surface area contributed by atoms with E-state index in [-0.39, 0.29) is 53.0 Å². The minimum absolute atomic E-state index is 0. The van der Waals surface area contributed by atoms with Gasteiger partial charge in [0.2, 0.25) is 5.16 Å². The van der Waals surface area contributed by atoms with Crippen molar-refractivity contribution in [1.82, 2.24) is 30.0 Å². The number of aromatic hydroxyl groups is 1. The van der Waals surface area contributed by atoms with Gasteiger partial charge in [-0.3, -0.25) is 9.69 Å². The average molecular weight is 481 g/mol. The number of hydrogen-bond acceptors (Lipinski definition) is 8. The van der Waals surface area contributed by atoms with Crippen LogP contribution in [0.1, 0.15) is 6.42 Å². The van der Waals surface area contributed by atoms with Gasteiger partial charge in [-0.2, -0.15) is 0 Å². The number of phenols is 1. The predicted molar refractivity (Wildman–Crippen MR) is 118 cm³/mol. The van der Waals surface area contributed by atoms with Crippen LogP contribution in [0, 0.1) is 5.92 Å². The van der Waals surface area contributed by atoms with Crippen LogP contribution in [0.25, 0.3) is 0 Å². The van der Waals surface area contributed by atoms with E-state index in [4.69, 9.17) is 0 Å². The molecule has 3 atom stereocenters. The monoisotopic (exact) mass is 481 g/mol. The number of anilines is 1. The average Bonchev–Trinajstić information content (AvgIpc) is 3.34. The van der Waals surface area contributed by atoms with Gasteiger partial charge in [0.1, 0.15) is 17.5 Å². The molecule has 12 nitrogen and oxygen atoms in total. The third kappa shape index (κ3) is 3.98. The maximum absolute atomic E-state index is 12.9. The van der Waals surface area contributed by atoms with Crippen molar-refractivity contribution < 1.29 is 24.6 Å². The van der Waals surface area contributed by atoms with E-state index in [1.54, 1.807) is 19.2 Å². The molecule has 14 heteroatoms. The van der Waals surface area contributed by atoms with Crippen molar-refractivity contribution in [1.29, 1.82) is 0 Å². The molecule has 3 N–H and O–H groups in total. The number of rotatable bonds is 5. The summed E-state index contributed by atoms with van der Waals surface area (Å²) in [4.78, 5) is 40.6. The second-order valence-corrected chi connectivity index (χ2v) is 8.81. The molecule has 5 rings (SSSR count). The van der Waals surface area contributed by atoms with Crippen molar-refractivity contribution in [3.63, 3.8) is 0 Å². The van der Waals surface area contributed by atoms with Gasteiger partial charge < -0.3 is 20.4 Å². The Labute approximate surface area is 214 Å². The van der Waals surface area contributed by atoms with Gasteiger partial charge in [-0.25, -0.2) is 14.3 Å². The van der Waals surface area contributed by atoms with E-state index < -0.39 is 23.9 Å². The van der Waals surface area contributed by atoms with E-state index in [2.05, 4.69) is 20.8 Å². The number of benzene rings is 1. The SMILES string of the molecule is Cn1nnnc1SCC1=C(C(=O)O)N2C(=O)[C@@H]3[C@H]2[C@H](C1)CN3C(=O)Nc1ccc(O)cc1.[NaH]. The first kappa shape index (κ1) is 23.5. The third-order valence-corrected chi connectivity index (χ3v) is 7.08. The summed E-state index contributed by atoms with van der Waals surface area (Å²) in [5.41, 5.74) is 1.11. The van der Waals surface area contributed by atoms with Gasteiger partial charge in [0, 0.05) is 31.0 Å². The molecule has 3 aliphatic heterocycles. The molecule has 2 aromatic rings. The number of phenolic OH excluding ortho intramolecular Hbond substituents is 1. The van der Waals surface area contributed by atoms with Crippen molar-refractivity contribution in [3.8, 4) is 5.75 Å². The van der Waals surface area contributed by atoms with Crippen molar-refractivity contribution in [2.24, 2.45) is 13.0 Å². The van der Waals surface area contributed by atoms with Gasteiger partial charge >= 0.3 is 41.6 Å². The Morgan fingerprint density at radius 3 is 2.64 bits per heavy atom. The summed E-state index contributed by atoms with van der Waals surface area (Å²) >= 11 is 1.30. The Bertz CT molecular complexity index is 1150. The van der Waals surface area contributed by atoms with Crippen LogP contribution in [-0.4, -0.2) is 112 Å². The maximum atomic E-state index is 12.9. The summed E-state index contributed by atoms with van der Waals surface area (Å²) in [7, 11) is 1.69. The van der Waals surface area contributed by atoms with Crippen LogP contribution in [-0.2, 0) is 16.6 Å². The zero-order chi connectivity index (χ0) is 22.6. The van der Waals surface area contributed by atoms with Crippen molar-refractivity contribution in [2.45, 2.75) is 23.7 Å². The number of carboxylic acids is 1. The Hall–Kier alpha value is -2.61. The Morgan fingerprint density at radius 1 is 1.27 bits per heavy atom. The summed E-state index contributed by atoms with van der Waals surface area (Å²) in [5.74, 6) is -1.20. The molecule has 0 saturated carbocycles. The number of hydrogen-bond donors (Lipinski definition) is 3. The molecule has 0 radical (unpaired) electrons. The molecule has 2 fully saturated rings. The quantitative estimate of drug-likeness (QED) is 0.229. The molecule has 0 aliphatic carbocycles. The molecule has 0 spiro atoms. The molecule has 0 unspecified atom stereocenters. The number of tetrazole rings is 1. The third-order valence-electron chi connectivity index (χ3n) is 5.99. The molecule has 0 bridgehead atoms. The van der Waals surface area contributed by atoms with Gasteiger partial charge in [0.15, 0.2) is 0 Å². The first-order valence-electron chi connectivity index (χ1n) is 9.85. The van der Waals surface area contributed by atoms with Crippen molar-refractivity contribution in [3.05, 3.63) is 35.5 Å². The number of carbonyl (C=O) groups is 3. The van der Waals surface area contributed by atoms with E-state index >= 15 is 0 Å². The molecule has 3 aliphatic rings. The number of likely N-dealkylation sites (tertiary alicyclic amines) is 1. The predicted octanol–water partition coefficient (Wildman–Crippen LogP) is -0.155. The summed E-state index contributed by atoms with van der Waals surface area (Å²) in [5, 5.41) is 33.7. The van der Waals surface area contributed by atoms with Crippen LogP contribution in [0.2, 0.25) is 0 Å². The van der Waals surface area contributed by atoms with Gasteiger partial charge in [-0.15, -0.1) is 5.10 Å². The zero-order valence-corrected chi connectivity index (χ0v) is 17.7. The topological polar surface area (TPSA) is 154 Å². The standard InChI is InChI=1S/C19H19N7O5S.Na.H/c1-24-19(21-22-23-24)32-8-10-6-9-7-25(18(31)20-11-2-4-12(27)5-3-11)15-13(9)26(16(15)28)14(10)17(29)30;;/h2-5,9,13,15,27H,6-8H2,1H3,(H,20,31)(H,29,30);;/t9-,13-,15+;;/m1../s1. The van der Waals surface area contributed by atoms with Gasteiger partial charge in [0.25, 0.3) is 5.91 Å². The summed E-state index contributed by atoms with van der Waals surface area (Å²) in [6, 6.07) is 4.58. The molecular formula is C19H20N7NaO5S. The van der Waals surface area contributed by atoms with Crippen LogP contribution in [0.5, 0.6) is 5.75 Å². The number of aliphatic carboxylic acids is 1. The van der Waals surface area contributed by atoms with Gasteiger partial charge in [0.05, 0.1) is 6.04 Å². The number of urea groups is 1. The molecule has 1 aromatic heterocycles. The second kappa shape index (κ2) is 8.97. The van der Waals surface area contributed by atoms with E-state index in [0.29, 0.717) is 35.1 Å². The van der Waals surface area contributed by atoms with Gasteiger partial charge in [-0.1, -0.05) is 11.8 Å². The summed E-state index contributed by atoms with van der Waals surface area (Å²) in [6.07, 6.45) is 0.466. The normalized spacial score (nSPS) is 23.1. The molecule has 2 saturated heterocycles. The van der Waals surface area contributed by atoms with Crippen molar-refractivity contribution >= 4 is 64.9 Å². The molecule has 3 amide bonds. The molecular weight excluding hydrogens is 461 g/mol. The number of carboxylic acid groups (broad SMARTS) is 1. The van der Waals surface area contributed by atoms with E-state index in [1.165, 1.54) is 38.4 Å². The Kier molecular flexibility index (Phi) is 6.40. The Balaban J connectivity index is 0.00000259. The number of amides is 3. The number of β-lactam (4-membered cyclic amide) rings is 1. The van der Waals surface area contributed by atoms with Gasteiger partial charge in [-0.05, 0) is 46.7 Å². The molecule has 33 heavy (non-hydrogen) atoms. The first-order valence-corrected chi connectivity index (χ1v) is 10.8. The van der Waals surface area contributed by atoms with Crippen LogP contribution in [0.4, 0.5) is 10.5 Å². The van der Waals surface area contributed by atoms with Crippen LogP contribution in [0.15, 0.2) is 40.7 Å². The van der Waals surface area contributed by atoms with Crippen LogP contribution in [0.3, 0.4) is 0 Å². The number of thioether (sulfide) groups is 1. The second-order valence-electron chi connectivity index (χ2n) is 7.87. The number of carbonyl (C=O) groups excluding carboxylic acids is 2. The first-order chi connectivity index (χ1) is 15.3. The zero-order valence-electron chi connectivity index (χ0n) is 16.9. The van der Waals surface area contributed by atoms with Crippen molar-refractivity contribution in [2.75, 3.05) is 17.6 Å². The fourth-order valence-corrected chi connectivity index (χ4v) is 5.48. The van der Waals surface area contributed by atoms with E-state index in [9.17, 15) is 24.6 Å². The minimum atomic E-state index is -1.16. The molecule has 4 heterocycles. The summed E-state index contributed by atoms with van der Waals surface area (Å²) < 4.78 is 1.49. The molecule has 168 valence electrons. The summed E-state index contributed by atoms with van der Waals surface area (Å²) in [6.45, 7) is 0.341. The fraction of sp³-hybridized carbons (Fsp3) is 0.368. The van der Waals surface area contributed by atoms with E-state index in [0.717, 1.165) is 0 Å². The number of aromatic nitrogens is 4. The molecule has 1 aromatic carbocycles. The Morgan fingerprint density at radius 2 is 2.00 bits per heavy atom. The number of nitrogens with zero attached hydrogens (tertiary/aromatic N) is 6.